The number of nitriles is 1. The summed E-state index contributed by atoms with van der Waals surface area (Å²) in [6.45, 7) is 1.82. The molecule has 0 aromatic heterocycles. The Kier molecular flexibility index (Phi) is 4.66. The molecule has 1 aromatic rings. The summed E-state index contributed by atoms with van der Waals surface area (Å²) >= 11 is 1.45. The fourth-order valence-electron chi connectivity index (χ4n) is 2.13. The van der Waals surface area contributed by atoms with Gasteiger partial charge < -0.3 is 10.0 Å². The largest absolute Gasteiger partial charge is 0.480 e. The monoisotopic (exact) mass is 302 g/mol. The highest BCUT2D eigenvalue weighted by molar-refractivity contribution is 8.00. The van der Waals surface area contributed by atoms with Crippen LogP contribution in [0.2, 0.25) is 0 Å². The maximum absolute atomic E-state index is 12.2. The van der Waals surface area contributed by atoms with Crippen molar-refractivity contribution in [1.29, 1.82) is 5.26 Å². The van der Waals surface area contributed by atoms with E-state index in [1.54, 1.807) is 30.3 Å². The van der Waals surface area contributed by atoms with E-state index >= 15 is 0 Å². The number of carboxylic acids is 1. The van der Waals surface area contributed by atoms with Crippen molar-refractivity contribution in [2.24, 2.45) is 0 Å². The van der Waals surface area contributed by atoms with Crippen LogP contribution in [0.25, 0.3) is 6.08 Å². The minimum Gasteiger partial charge on any atom is -0.480 e. The van der Waals surface area contributed by atoms with E-state index in [1.165, 1.54) is 22.7 Å². The van der Waals surface area contributed by atoms with Crippen LogP contribution >= 0.6 is 11.8 Å². The minimum absolute atomic E-state index is 0.159. The van der Waals surface area contributed by atoms with Crippen LogP contribution in [0.4, 0.5) is 0 Å². The van der Waals surface area contributed by atoms with Crippen LogP contribution in [0, 0.1) is 11.3 Å². The first-order valence-corrected chi connectivity index (χ1v) is 7.42. The van der Waals surface area contributed by atoms with Gasteiger partial charge >= 0.3 is 5.97 Å². The lowest BCUT2D eigenvalue weighted by atomic mass is 10.1. The molecule has 1 aliphatic heterocycles. The molecule has 2 atom stereocenters. The topological polar surface area (TPSA) is 81.4 Å². The van der Waals surface area contributed by atoms with Crippen LogP contribution in [0.5, 0.6) is 0 Å². The number of benzene rings is 1. The molecule has 2 rings (SSSR count). The average molecular weight is 302 g/mol. The van der Waals surface area contributed by atoms with E-state index < -0.39 is 12.0 Å². The molecule has 1 N–H and O–H groups in total. The molecule has 0 radical (unpaired) electrons. The summed E-state index contributed by atoms with van der Waals surface area (Å²) in [6, 6.07) is 8.10. The first-order valence-electron chi connectivity index (χ1n) is 6.38. The Morgan fingerprint density at radius 3 is 2.95 bits per heavy atom. The first-order chi connectivity index (χ1) is 10.0. The molecule has 1 aliphatic rings. The van der Waals surface area contributed by atoms with E-state index in [0.717, 1.165) is 5.56 Å². The average Bonchev–Trinajstić information content (AvgIpc) is 2.87. The van der Waals surface area contributed by atoms with Crippen LogP contribution < -0.4 is 0 Å². The van der Waals surface area contributed by atoms with Crippen molar-refractivity contribution in [1.82, 2.24) is 4.90 Å². The van der Waals surface area contributed by atoms with E-state index in [-0.39, 0.29) is 11.3 Å². The van der Waals surface area contributed by atoms with Crippen LogP contribution in [0.15, 0.2) is 30.3 Å². The second-order valence-corrected chi connectivity index (χ2v) is 5.95. The summed E-state index contributed by atoms with van der Waals surface area (Å²) in [6.07, 6.45) is 2.95. The number of nitrogens with zero attached hydrogens (tertiary/aromatic N) is 2. The normalized spacial score (nSPS) is 21.4. The molecule has 0 saturated carbocycles. The second-order valence-electron chi connectivity index (χ2n) is 4.60. The Hall–Kier alpha value is -2.26. The maximum Gasteiger partial charge on any atom is 0.327 e. The molecule has 1 heterocycles. The van der Waals surface area contributed by atoms with Crippen molar-refractivity contribution < 1.29 is 14.7 Å². The van der Waals surface area contributed by atoms with Gasteiger partial charge in [0.05, 0.1) is 17.0 Å². The fourth-order valence-corrected chi connectivity index (χ4v) is 3.31. The van der Waals surface area contributed by atoms with E-state index in [1.807, 2.05) is 13.0 Å². The van der Waals surface area contributed by atoms with Gasteiger partial charge in [0, 0.05) is 11.8 Å². The molecule has 0 bridgehead atoms. The highest BCUT2D eigenvalue weighted by Crippen LogP contribution is 2.29. The van der Waals surface area contributed by atoms with E-state index in [0.29, 0.717) is 11.3 Å². The molecule has 0 aliphatic carbocycles. The summed E-state index contributed by atoms with van der Waals surface area (Å²) in [5.74, 6) is -0.915. The number of carbonyl (C=O) groups is 2. The highest BCUT2D eigenvalue weighted by Gasteiger charge is 2.38. The molecule has 1 saturated heterocycles. The van der Waals surface area contributed by atoms with Gasteiger partial charge in [-0.3, -0.25) is 4.79 Å². The molecule has 21 heavy (non-hydrogen) atoms. The molecular weight excluding hydrogens is 288 g/mol. The first kappa shape index (κ1) is 15.1. The summed E-state index contributed by atoms with van der Waals surface area (Å²) < 4.78 is 0. The van der Waals surface area contributed by atoms with Gasteiger partial charge in [-0.2, -0.15) is 5.26 Å². The maximum atomic E-state index is 12.2. The van der Waals surface area contributed by atoms with Crippen LogP contribution in [-0.2, 0) is 9.59 Å². The van der Waals surface area contributed by atoms with Crippen molar-refractivity contribution in [2.45, 2.75) is 18.3 Å². The Bertz CT molecular complexity index is 636. The zero-order chi connectivity index (χ0) is 15.4. The van der Waals surface area contributed by atoms with E-state index in [2.05, 4.69) is 0 Å². The van der Waals surface area contributed by atoms with Crippen LogP contribution in [-0.4, -0.2) is 39.1 Å². The predicted octanol–water partition coefficient (Wildman–Crippen LogP) is 1.95. The molecule has 0 spiro atoms. The highest BCUT2D eigenvalue weighted by atomic mass is 32.2. The summed E-state index contributed by atoms with van der Waals surface area (Å²) in [4.78, 5) is 24.7. The molecule has 5 nitrogen and oxygen atoms in total. The van der Waals surface area contributed by atoms with Gasteiger partial charge in [-0.1, -0.05) is 12.1 Å². The molecular formula is C15H14N2O3S. The Morgan fingerprint density at radius 2 is 2.29 bits per heavy atom. The fraction of sp³-hybridized carbons (Fsp3) is 0.267. The third kappa shape index (κ3) is 3.44. The molecule has 1 aromatic carbocycles. The van der Waals surface area contributed by atoms with Gasteiger partial charge in [-0.05, 0) is 30.7 Å². The predicted molar refractivity (Wildman–Crippen MR) is 80.4 cm³/mol. The quantitative estimate of drug-likeness (QED) is 0.863. The van der Waals surface area contributed by atoms with Gasteiger partial charge in [-0.15, -0.1) is 11.8 Å². The van der Waals surface area contributed by atoms with Gasteiger partial charge in [0.15, 0.2) is 0 Å². The van der Waals surface area contributed by atoms with Crippen molar-refractivity contribution in [2.75, 3.05) is 5.75 Å². The van der Waals surface area contributed by atoms with E-state index in [4.69, 9.17) is 10.4 Å². The number of hydrogen-bond acceptors (Lipinski definition) is 4. The smallest absolute Gasteiger partial charge is 0.327 e. The number of thioether (sulfide) groups is 1. The third-order valence-electron chi connectivity index (χ3n) is 3.20. The number of rotatable bonds is 3. The Balaban J connectivity index is 2.14. The van der Waals surface area contributed by atoms with Crippen LogP contribution in [0.1, 0.15) is 18.1 Å². The summed E-state index contributed by atoms with van der Waals surface area (Å²) in [7, 11) is 0. The zero-order valence-corrected chi connectivity index (χ0v) is 12.2. The van der Waals surface area contributed by atoms with Gasteiger partial charge in [0.1, 0.15) is 6.04 Å². The number of carboxylic acid groups (broad SMARTS) is 1. The van der Waals surface area contributed by atoms with Crippen molar-refractivity contribution in [3.8, 4) is 6.07 Å². The zero-order valence-electron chi connectivity index (χ0n) is 11.4. The molecule has 1 fully saturated rings. The lowest BCUT2D eigenvalue weighted by Crippen LogP contribution is -2.43. The molecule has 6 heteroatoms. The third-order valence-corrected chi connectivity index (χ3v) is 4.41. The molecule has 1 amide bonds. The van der Waals surface area contributed by atoms with Gasteiger partial charge in [0.25, 0.3) is 0 Å². The molecule has 2 unspecified atom stereocenters. The SMILES string of the molecule is CC1SCC(C(=O)O)N1C(=O)C=Cc1cccc(C#N)c1. The van der Waals surface area contributed by atoms with Gasteiger partial charge in [0.2, 0.25) is 5.91 Å². The van der Waals surface area contributed by atoms with Crippen LogP contribution in [0.3, 0.4) is 0 Å². The van der Waals surface area contributed by atoms with Crippen molar-refractivity contribution in [3.05, 3.63) is 41.5 Å². The Morgan fingerprint density at radius 1 is 1.52 bits per heavy atom. The van der Waals surface area contributed by atoms with Crippen molar-refractivity contribution in [3.63, 3.8) is 0 Å². The summed E-state index contributed by atoms with van der Waals surface area (Å²) in [5.41, 5.74) is 1.24. The lowest BCUT2D eigenvalue weighted by Gasteiger charge is -2.23. The number of carbonyl (C=O) groups excluding carboxylic acids is 1. The molecule has 108 valence electrons. The lowest BCUT2D eigenvalue weighted by molar-refractivity contribution is -0.147. The van der Waals surface area contributed by atoms with Gasteiger partial charge in [-0.25, -0.2) is 4.79 Å². The number of aliphatic carboxylic acids is 1. The number of hydrogen-bond donors (Lipinski definition) is 1. The van der Waals surface area contributed by atoms with Crippen molar-refractivity contribution >= 4 is 29.7 Å². The second kappa shape index (κ2) is 6.46. The number of amides is 1. The summed E-state index contributed by atoms with van der Waals surface area (Å²) in [5, 5.41) is 17.8. The minimum atomic E-state index is -0.986. The van der Waals surface area contributed by atoms with E-state index in [9.17, 15) is 9.59 Å². The standard InChI is InChI=1S/C15H14N2O3S/c1-10-17(13(9-21-10)15(19)20)14(18)6-5-11-3-2-4-12(7-11)8-16/h2-7,10,13H,9H2,1H3,(H,19,20). The Labute approximate surface area is 126 Å².